The lowest BCUT2D eigenvalue weighted by molar-refractivity contribution is 0.298. The van der Waals surface area contributed by atoms with Crippen LogP contribution in [0.4, 0.5) is 0 Å². The van der Waals surface area contributed by atoms with Crippen LogP contribution in [0.15, 0.2) is 24.3 Å². The van der Waals surface area contributed by atoms with Gasteiger partial charge >= 0.3 is 0 Å². The molecule has 2 heteroatoms. The van der Waals surface area contributed by atoms with Crippen LogP contribution in [0.25, 0.3) is 0 Å². The molecule has 0 unspecified atom stereocenters. The van der Waals surface area contributed by atoms with Crippen LogP contribution in [0.5, 0.6) is 0 Å². The van der Waals surface area contributed by atoms with E-state index in [4.69, 9.17) is 4.43 Å². The molecule has 0 heterocycles. The van der Waals surface area contributed by atoms with Crippen LogP contribution in [0, 0.1) is 0 Å². The molecule has 0 aliphatic carbocycles. The fraction of sp³-hybridized carbons (Fsp3) is 0.765. The number of hydrogen-bond acceptors (Lipinski definition) is 1. The van der Waals surface area contributed by atoms with Crippen molar-refractivity contribution < 1.29 is 4.43 Å². The molecule has 0 rings (SSSR count). The maximum absolute atomic E-state index is 5.85. The predicted molar refractivity (Wildman–Crippen MR) is 90.2 cm³/mol. The lowest BCUT2D eigenvalue weighted by Gasteiger charge is -2.16. The Morgan fingerprint density at radius 1 is 0.789 bits per heavy atom. The molecule has 1 nitrogen and oxygen atoms in total. The van der Waals surface area contributed by atoms with E-state index in [2.05, 4.69) is 50.9 Å². The van der Waals surface area contributed by atoms with Crippen molar-refractivity contribution in [2.75, 3.05) is 6.61 Å². The van der Waals surface area contributed by atoms with E-state index in [-0.39, 0.29) is 0 Å². The third-order valence-corrected chi connectivity index (χ3v) is 4.04. The van der Waals surface area contributed by atoms with Crippen molar-refractivity contribution in [2.24, 2.45) is 0 Å². The van der Waals surface area contributed by atoms with Gasteiger partial charge in [-0.1, -0.05) is 50.0 Å². The summed E-state index contributed by atoms with van der Waals surface area (Å²) >= 11 is 0. The van der Waals surface area contributed by atoms with E-state index in [9.17, 15) is 0 Å². The SMILES string of the molecule is C/C=C\C/C=C/CCCCCCCCO[Si](C)(C)C. The molecule has 0 fully saturated rings. The van der Waals surface area contributed by atoms with E-state index in [1.807, 2.05) is 0 Å². The predicted octanol–water partition coefficient (Wildman–Crippen LogP) is 6.09. The second-order valence-electron chi connectivity index (χ2n) is 6.15. The molecular weight excluding hydrogens is 248 g/mol. The smallest absolute Gasteiger partial charge is 0.183 e. The maximum Gasteiger partial charge on any atom is 0.183 e. The first-order chi connectivity index (χ1) is 9.06. The summed E-state index contributed by atoms with van der Waals surface area (Å²) in [5, 5.41) is 0. The van der Waals surface area contributed by atoms with Gasteiger partial charge < -0.3 is 4.43 Å². The maximum atomic E-state index is 5.85. The summed E-state index contributed by atoms with van der Waals surface area (Å²) in [6, 6.07) is 0. The number of rotatable bonds is 12. The Morgan fingerprint density at radius 2 is 1.42 bits per heavy atom. The lowest BCUT2D eigenvalue weighted by atomic mass is 10.1. The molecule has 0 aromatic carbocycles. The van der Waals surface area contributed by atoms with E-state index in [0.717, 1.165) is 13.0 Å². The second kappa shape index (κ2) is 12.7. The van der Waals surface area contributed by atoms with E-state index < -0.39 is 8.32 Å². The summed E-state index contributed by atoms with van der Waals surface area (Å²) in [5.74, 6) is 0. The van der Waals surface area contributed by atoms with Crippen LogP contribution in [-0.2, 0) is 4.43 Å². The highest BCUT2D eigenvalue weighted by Crippen LogP contribution is 2.09. The van der Waals surface area contributed by atoms with Crippen LogP contribution >= 0.6 is 0 Å². The van der Waals surface area contributed by atoms with Gasteiger partial charge in [0.05, 0.1) is 0 Å². The zero-order chi connectivity index (χ0) is 14.4. The quantitative estimate of drug-likeness (QED) is 0.239. The molecule has 0 spiro atoms. The highest BCUT2D eigenvalue weighted by molar-refractivity contribution is 6.69. The van der Waals surface area contributed by atoms with Crippen molar-refractivity contribution in [1.82, 2.24) is 0 Å². The molecule has 0 aliphatic heterocycles. The molecule has 112 valence electrons. The number of hydrogen-bond donors (Lipinski definition) is 0. The zero-order valence-electron chi connectivity index (χ0n) is 13.6. The Hall–Kier alpha value is -0.343. The van der Waals surface area contributed by atoms with Crippen LogP contribution in [0.3, 0.4) is 0 Å². The zero-order valence-corrected chi connectivity index (χ0v) is 14.6. The minimum Gasteiger partial charge on any atom is -0.418 e. The Balaban J connectivity index is 3.13. The van der Waals surface area contributed by atoms with Crippen molar-refractivity contribution in [3.63, 3.8) is 0 Å². The van der Waals surface area contributed by atoms with Gasteiger partial charge in [0.1, 0.15) is 0 Å². The van der Waals surface area contributed by atoms with Crippen LogP contribution < -0.4 is 0 Å². The highest BCUT2D eigenvalue weighted by atomic mass is 28.4. The first-order valence-corrected chi connectivity index (χ1v) is 11.4. The first-order valence-electron chi connectivity index (χ1n) is 7.96. The third-order valence-electron chi connectivity index (χ3n) is 2.97. The van der Waals surface area contributed by atoms with Gasteiger partial charge in [-0.05, 0) is 52.2 Å². The molecule has 0 amide bonds. The van der Waals surface area contributed by atoms with E-state index in [0.29, 0.717) is 0 Å². The largest absolute Gasteiger partial charge is 0.418 e. The molecule has 0 saturated carbocycles. The Kier molecular flexibility index (Phi) is 12.4. The number of allylic oxidation sites excluding steroid dienone is 4. The van der Waals surface area contributed by atoms with Crippen molar-refractivity contribution in [3.8, 4) is 0 Å². The summed E-state index contributed by atoms with van der Waals surface area (Å²) in [6.45, 7) is 9.83. The van der Waals surface area contributed by atoms with Gasteiger partial charge in [-0.25, -0.2) is 0 Å². The molecule has 0 radical (unpaired) electrons. The van der Waals surface area contributed by atoms with Crippen molar-refractivity contribution in [1.29, 1.82) is 0 Å². The molecule has 0 atom stereocenters. The third kappa shape index (κ3) is 17.7. The minimum atomic E-state index is -1.27. The van der Waals surface area contributed by atoms with E-state index in [1.165, 1.54) is 44.9 Å². The molecular formula is C17H34OSi. The minimum absolute atomic E-state index is 0.976. The molecule has 0 aromatic heterocycles. The van der Waals surface area contributed by atoms with Gasteiger partial charge in [-0.2, -0.15) is 0 Å². The van der Waals surface area contributed by atoms with Gasteiger partial charge in [-0.3, -0.25) is 0 Å². The van der Waals surface area contributed by atoms with Gasteiger partial charge in [-0.15, -0.1) is 0 Å². The highest BCUT2D eigenvalue weighted by Gasteiger charge is 2.12. The molecule has 0 N–H and O–H groups in total. The molecule has 0 bridgehead atoms. The van der Waals surface area contributed by atoms with Gasteiger partial charge in [0.2, 0.25) is 0 Å². The Labute approximate surface area is 122 Å². The van der Waals surface area contributed by atoms with Gasteiger partial charge in [0.25, 0.3) is 0 Å². The topological polar surface area (TPSA) is 9.23 Å². The van der Waals surface area contributed by atoms with Crippen molar-refractivity contribution in [3.05, 3.63) is 24.3 Å². The summed E-state index contributed by atoms with van der Waals surface area (Å²) in [6.07, 6.45) is 19.3. The van der Waals surface area contributed by atoms with Gasteiger partial charge in [0.15, 0.2) is 8.32 Å². The van der Waals surface area contributed by atoms with Crippen LogP contribution in [-0.4, -0.2) is 14.9 Å². The van der Waals surface area contributed by atoms with Crippen molar-refractivity contribution in [2.45, 2.75) is 77.9 Å². The normalized spacial score (nSPS) is 12.8. The summed E-state index contributed by atoms with van der Waals surface area (Å²) in [7, 11) is -1.27. The van der Waals surface area contributed by atoms with Gasteiger partial charge in [0, 0.05) is 6.61 Å². The number of unbranched alkanes of at least 4 members (excludes halogenated alkanes) is 6. The molecule has 0 saturated heterocycles. The monoisotopic (exact) mass is 282 g/mol. The van der Waals surface area contributed by atoms with Crippen molar-refractivity contribution >= 4 is 8.32 Å². The first kappa shape index (κ1) is 18.7. The average Bonchev–Trinajstić information content (AvgIpc) is 2.34. The lowest BCUT2D eigenvalue weighted by Crippen LogP contribution is -2.25. The second-order valence-corrected chi connectivity index (χ2v) is 10.7. The van der Waals surface area contributed by atoms with E-state index >= 15 is 0 Å². The molecule has 19 heavy (non-hydrogen) atoms. The Morgan fingerprint density at radius 3 is 2.05 bits per heavy atom. The summed E-state index contributed by atoms with van der Waals surface area (Å²) < 4.78 is 5.85. The Bertz CT molecular complexity index is 238. The van der Waals surface area contributed by atoms with E-state index in [1.54, 1.807) is 0 Å². The fourth-order valence-electron chi connectivity index (χ4n) is 1.88. The summed E-state index contributed by atoms with van der Waals surface area (Å²) in [4.78, 5) is 0. The van der Waals surface area contributed by atoms with Crippen LogP contribution in [0.1, 0.15) is 58.3 Å². The summed E-state index contributed by atoms with van der Waals surface area (Å²) in [5.41, 5.74) is 0. The fourth-order valence-corrected chi connectivity index (χ4v) is 2.64. The standard InChI is InChI=1S/C17H34OSi/c1-5-6-7-8-9-10-11-12-13-14-15-16-17-18-19(2,3)4/h5-6,8-9H,7,10-17H2,1-4H3/b6-5-,9-8+. The molecule has 0 aromatic rings. The van der Waals surface area contributed by atoms with Crippen LogP contribution in [0.2, 0.25) is 19.6 Å². The molecule has 0 aliphatic rings. The average molecular weight is 283 g/mol.